The van der Waals surface area contributed by atoms with Gasteiger partial charge in [-0.15, -0.1) is 0 Å². The van der Waals surface area contributed by atoms with E-state index in [0.29, 0.717) is 12.2 Å². The van der Waals surface area contributed by atoms with Crippen molar-refractivity contribution in [2.24, 2.45) is 5.11 Å². The van der Waals surface area contributed by atoms with Crippen molar-refractivity contribution in [2.75, 3.05) is 6.54 Å². The molecule has 0 aliphatic heterocycles. The zero-order valence-corrected chi connectivity index (χ0v) is 8.54. The Labute approximate surface area is 91.7 Å². The van der Waals surface area contributed by atoms with Crippen molar-refractivity contribution in [3.8, 4) is 0 Å². The van der Waals surface area contributed by atoms with Crippen LogP contribution in [0.25, 0.3) is 27.7 Å². The highest BCUT2D eigenvalue weighted by atomic mass is 15.1. The summed E-state index contributed by atoms with van der Waals surface area (Å²) in [5, 5.41) is 3.44. The average molecular weight is 214 g/mol. The summed E-state index contributed by atoms with van der Waals surface area (Å²) in [4.78, 5) is 13.9. The first kappa shape index (κ1) is 10.2. The van der Waals surface area contributed by atoms with Crippen LogP contribution < -0.4 is 0 Å². The van der Waals surface area contributed by atoms with E-state index in [1.54, 1.807) is 12.5 Å². The zero-order valence-electron chi connectivity index (χ0n) is 8.54. The van der Waals surface area contributed by atoms with Crippen LogP contribution in [0, 0.1) is 0 Å². The maximum atomic E-state index is 8.09. The smallest absolute Gasteiger partial charge is 0.177 e. The molecule has 2 aromatic rings. The summed E-state index contributed by atoms with van der Waals surface area (Å²) in [6, 6.07) is 1.97. The van der Waals surface area contributed by atoms with E-state index >= 15 is 0 Å². The fourth-order valence-corrected chi connectivity index (χ4v) is 1.33. The number of aromatic amines is 1. The van der Waals surface area contributed by atoms with Crippen LogP contribution in [0.3, 0.4) is 0 Å². The molecule has 16 heavy (non-hydrogen) atoms. The molecule has 0 unspecified atom stereocenters. The Balaban J connectivity index is 2.05. The lowest BCUT2D eigenvalue weighted by Gasteiger charge is -1.92. The van der Waals surface area contributed by atoms with Crippen LogP contribution in [0.2, 0.25) is 0 Å². The number of fused-ring (bicyclic) bond motifs is 1. The second-order valence-electron chi connectivity index (χ2n) is 3.19. The van der Waals surface area contributed by atoms with E-state index in [4.69, 9.17) is 5.53 Å². The molecule has 0 radical (unpaired) electrons. The van der Waals surface area contributed by atoms with Gasteiger partial charge in [-0.05, 0) is 23.6 Å². The summed E-state index contributed by atoms with van der Waals surface area (Å²) < 4.78 is 0. The van der Waals surface area contributed by atoms with Crippen LogP contribution in [-0.4, -0.2) is 21.5 Å². The average Bonchev–Trinajstić information content (AvgIpc) is 2.76. The Morgan fingerprint density at radius 2 is 2.44 bits per heavy atom. The van der Waals surface area contributed by atoms with E-state index in [-0.39, 0.29) is 0 Å². The van der Waals surface area contributed by atoms with Gasteiger partial charge in [0.25, 0.3) is 0 Å². The second-order valence-corrected chi connectivity index (χ2v) is 3.19. The van der Waals surface area contributed by atoms with E-state index in [9.17, 15) is 0 Å². The van der Waals surface area contributed by atoms with Crippen molar-refractivity contribution >= 4 is 17.2 Å². The lowest BCUT2D eigenvalue weighted by atomic mass is 10.2. The fourth-order valence-electron chi connectivity index (χ4n) is 1.33. The first-order valence-electron chi connectivity index (χ1n) is 4.86. The van der Waals surface area contributed by atoms with Crippen molar-refractivity contribution in [2.45, 2.75) is 6.42 Å². The van der Waals surface area contributed by atoms with Gasteiger partial charge >= 0.3 is 0 Å². The van der Waals surface area contributed by atoms with Crippen molar-refractivity contribution < 1.29 is 0 Å². The van der Waals surface area contributed by atoms with Gasteiger partial charge in [-0.2, -0.15) is 0 Å². The number of hydrogen-bond donors (Lipinski definition) is 1. The molecule has 0 aromatic carbocycles. The fraction of sp³-hybridized carbons (Fsp3) is 0.200. The Morgan fingerprint density at radius 1 is 1.50 bits per heavy atom. The number of aromatic nitrogens is 3. The minimum atomic E-state index is 0.479. The molecule has 0 spiro atoms. The Morgan fingerprint density at radius 3 is 3.31 bits per heavy atom. The third-order valence-corrected chi connectivity index (χ3v) is 2.06. The highest BCUT2D eigenvalue weighted by Gasteiger charge is 1.96. The van der Waals surface area contributed by atoms with Crippen LogP contribution in [0.4, 0.5) is 0 Å². The molecular formula is C10H10N6. The van der Waals surface area contributed by atoms with Gasteiger partial charge in [0.05, 0.1) is 11.8 Å². The van der Waals surface area contributed by atoms with Crippen molar-refractivity contribution in [3.05, 3.63) is 40.7 Å². The molecule has 0 bridgehead atoms. The summed E-state index contributed by atoms with van der Waals surface area (Å²) in [6.07, 6.45) is 8.00. The highest BCUT2D eigenvalue weighted by Crippen LogP contribution is 2.09. The molecular weight excluding hydrogens is 204 g/mol. The number of hydrogen-bond acceptors (Lipinski definition) is 3. The minimum absolute atomic E-state index is 0.479. The summed E-state index contributed by atoms with van der Waals surface area (Å²) in [5.74, 6) is 0. The second kappa shape index (κ2) is 4.95. The van der Waals surface area contributed by atoms with Crippen LogP contribution in [0.15, 0.2) is 29.8 Å². The molecule has 0 saturated heterocycles. The number of nitrogens with zero attached hydrogens (tertiary/aromatic N) is 5. The van der Waals surface area contributed by atoms with Crippen LogP contribution in [0.5, 0.6) is 0 Å². The van der Waals surface area contributed by atoms with E-state index in [1.807, 2.05) is 18.2 Å². The number of imidazole rings is 1. The van der Waals surface area contributed by atoms with Crippen LogP contribution in [-0.2, 0) is 0 Å². The van der Waals surface area contributed by atoms with E-state index in [2.05, 4.69) is 25.0 Å². The summed E-state index contributed by atoms with van der Waals surface area (Å²) in [5.41, 5.74) is 10.7. The van der Waals surface area contributed by atoms with Crippen molar-refractivity contribution in [1.29, 1.82) is 0 Å². The molecule has 0 atom stereocenters. The van der Waals surface area contributed by atoms with E-state index < -0.39 is 0 Å². The lowest BCUT2D eigenvalue weighted by molar-refractivity contribution is 0.995. The van der Waals surface area contributed by atoms with E-state index in [1.165, 1.54) is 0 Å². The number of H-pyrrole nitrogens is 1. The molecule has 0 saturated carbocycles. The standard InChI is InChI=1S/C10H10N6/c11-16-15-4-2-1-3-8-5-9-10(12-6-8)14-7-13-9/h1,3,5-7H,2,4H2,(H,12,13,14). The maximum Gasteiger partial charge on any atom is 0.177 e. The van der Waals surface area contributed by atoms with Crippen molar-refractivity contribution in [1.82, 2.24) is 15.0 Å². The predicted octanol–water partition coefficient (Wildman–Crippen LogP) is 2.67. The molecule has 80 valence electrons. The van der Waals surface area contributed by atoms with Gasteiger partial charge in [-0.25, -0.2) is 9.97 Å². The number of azide groups is 1. The Kier molecular flexibility index (Phi) is 3.15. The van der Waals surface area contributed by atoms with Crippen LogP contribution in [0.1, 0.15) is 12.0 Å². The molecule has 0 aliphatic carbocycles. The Hall–Kier alpha value is -2.33. The quantitative estimate of drug-likeness (QED) is 0.367. The van der Waals surface area contributed by atoms with Crippen LogP contribution >= 0.6 is 0 Å². The summed E-state index contributed by atoms with van der Waals surface area (Å²) in [6.45, 7) is 0.479. The topological polar surface area (TPSA) is 90.3 Å². The van der Waals surface area contributed by atoms with Gasteiger partial charge in [-0.3, -0.25) is 0 Å². The van der Waals surface area contributed by atoms with E-state index in [0.717, 1.165) is 17.5 Å². The largest absolute Gasteiger partial charge is 0.343 e. The summed E-state index contributed by atoms with van der Waals surface area (Å²) >= 11 is 0. The molecule has 2 aromatic heterocycles. The van der Waals surface area contributed by atoms with Crippen molar-refractivity contribution in [3.63, 3.8) is 0 Å². The monoisotopic (exact) mass is 214 g/mol. The molecule has 2 heterocycles. The van der Waals surface area contributed by atoms with Gasteiger partial charge < -0.3 is 4.98 Å². The third-order valence-electron chi connectivity index (χ3n) is 2.06. The van der Waals surface area contributed by atoms with Gasteiger partial charge in [0, 0.05) is 17.7 Å². The first-order valence-corrected chi connectivity index (χ1v) is 4.86. The highest BCUT2D eigenvalue weighted by molar-refractivity contribution is 5.72. The summed E-state index contributed by atoms with van der Waals surface area (Å²) in [7, 11) is 0. The van der Waals surface area contributed by atoms with Gasteiger partial charge in [0.2, 0.25) is 0 Å². The first-order chi connectivity index (χ1) is 7.90. The third kappa shape index (κ3) is 2.37. The van der Waals surface area contributed by atoms with Gasteiger partial charge in [0.15, 0.2) is 5.65 Å². The van der Waals surface area contributed by atoms with Gasteiger partial charge in [0.1, 0.15) is 0 Å². The molecule has 1 N–H and O–H groups in total. The SMILES string of the molecule is [N-]=[N+]=NCCC=Cc1cnc2nc[nH]c2c1. The molecule has 2 rings (SSSR count). The minimum Gasteiger partial charge on any atom is -0.343 e. The molecule has 6 heteroatoms. The maximum absolute atomic E-state index is 8.09. The molecule has 6 nitrogen and oxygen atoms in total. The lowest BCUT2D eigenvalue weighted by Crippen LogP contribution is -1.80. The molecule has 0 aliphatic rings. The number of rotatable bonds is 4. The molecule has 0 amide bonds. The predicted molar refractivity (Wildman–Crippen MR) is 61.6 cm³/mol. The number of nitrogens with one attached hydrogen (secondary N) is 1. The van der Waals surface area contributed by atoms with Gasteiger partial charge in [-0.1, -0.05) is 17.3 Å². The Bertz CT molecular complexity index is 549. The number of pyridine rings is 1. The molecule has 0 fully saturated rings. The zero-order chi connectivity index (χ0) is 11.2. The normalized spacial score (nSPS) is 10.8.